The Labute approximate surface area is 610 Å². The topological polar surface area (TPSA) is 279 Å². The highest BCUT2D eigenvalue weighted by molar-refractivity contribution is 6.31. The molecule has 0 radical (unpaired) electrons. The van der Waals surface area contributed by atoms with Crippen molar-refractivity contribution < 1.29 is 75.4 Å². The molecular weight excluding hydrogens is 1360 g/mol. The Balaban J connectivity index is 1.17. The third-order valence-corrected chi connectivity index (χ3v) is 23.1. The van der Waals surface area contributed by atoms with Crippen molar-refractivity contribution in [3.63, 3.8) is 0 Å². The summed E-state index contributed by atoms with van der Waals surface area (Å²) in [6, 6.07) is -5.76. The molecule has 25 nitrogen and oxygen atoms in total. The van der Waals surface area contributed by atoms with Crippen LogP contribution in [0.1, 0.15) is 192 Å². The van der Waals surface area contributed by atoms with Crippen LogP contribution in [0, 0.1) is 17.8 Å². The van der Waals surface area contributed by atoms with Crippen LogP contribution in [-0.4, -0.2) is 264 Å². The molecule has 1 aromatic carbocycles. The van der Waals surface area contributed by atoms with E-state index in [1.165, 1.54) is 79.9 Å². The van der Waals surface area contributed by atoms with Gasteiger partial charge in [-0.1, -0.05) is 95.7 Å². The van der Waals surface area contributed by atoms with Crippen molar-refractivity contribution in [3.05, 3.63) is 34.3 Å². The van der Waals surface area contributed by atoms with Gasteiger partial charge in [-0.3, -0.25) is 57.5 Å². The molecule has 1 aromatic rings. The number of alkyl halides is 3. The molecule has 4 saturated carbocycles. The van der Waals surface area contributed by atoms with Crippen LogP contribution in [0.15, 0.2) is 18.2 Å². The van der Waals surface area contributed by atoms with Crippen LogP contribution in [0.2, 0.25) is 5.02 Å². The van der Waals surface area contributed by atoms with Gasteiger partial charge in [-0.05, 0) is 138 Å². The molecule has 3 aliphatic heterocycles. The lowest BCUT2D eigenvalue weighted by Crippen LogP contribution is -2.65. The van der Waals surface area contributed by atoms with Crippen molar-refractivity contribution in [2.45, 2.75) is 247 Å². The second kappa shape index (κ2) is 36.7. The minimum atomic E-state index is -4.76. The number of hydrogen-bond acceptors (Lipinski definition) is 13. The van der Waals surface area contributed by atoms with Crippen molar-refractivity contribution in [2.75, 3.05) is 95.2 Å². The number of fused-ring (bicyclic) bond motifs is 1. The van der Waals surface area contributed by atoms with Crippen LogP contribution < -0.4 is 16.0 Å². The number of likely N-dealkylation sites (N-methyl/N-ethyl adjacent to an activating group) is 7. The van der Waals surface area contributed by atoms with Crippen LogP contribution in [0.5, 0.6) is 0 Å². The van der Waals surface area contributed by atoms with Gasteiger partial charge in [-0.25, -0.2) is 0 Å². The number of piperidine rings is 1. The smallest absolute Gasteiger partial charge is 0.376 e. The molecule has 0 aromatic heterocycles. The molecule has 0 bridgehead atoms. The minimum absolute atomic E-state index is 0.0132. The summed E-state index contributed by atoms with van der Waals surface area (Å²) in [4.78, 5) is 191. The standard InChI is InChI=1S/C74H112ClF3N12O13/c1-47(2)39-57-65(95)80-55(46-103-51-27-21-28-51)67(97)84(5)44-62(93)82(3)45-63(94)86(7)58(41-48-23-13-10-14-24-48)69(99)83(4)43-60(91)79-54(33-31-49-30-32-52(53(75)40-49)74(76,77)78)68(98)90-38-22-29-56(90)66(96)81-73(34-17-18-35-73)72(102)88(9)64(50-25-15-11-16-26-50)71(101)87(8)59(42-61(92)85(57)6)70(100)89-36-19-12-20-37-89/h30,32,40,47-48,50-51,54-59,64H,10-29,31,33-39,41-46H2,1-9H3,(H,79,91)(H,80,95)(H,81,96)/t54-,55-,56?,57-,58-,59-,64-/m0/s1. The Morgan fingerprint density at radius 2 is 1.21 bits per heavy atom. The maximum Gasteiger partial charge on any atom is 0.417 e. The van der Waals surface area contributed by atoms with Crippen LogP contribution >= 0.6 is 11.6 Å². The number of aryl methyl sites for hydroxylation is 1. The third kappa shape index (κ3) is 20.9. The number of likely N-dealkylation sites (tertiary alicyclic amines) is 1. The SMILES string of the molecule is CC(C)C[C@H]1C(=O)N[C@@H](COC2CCC2)C(=O)N(C)CC(=O)N(C)CC(=O)N(C)[C@@H](CC2CCCCC2)C(=O)N(C)CC(=O)N[C@@H](CCc2ccc(C(F)(F)F)c(Cl)c2)C(=O)N2CCCC2C(=O)NC2(CCCC2)C(=O)N(C)[C@@H](C2CCCCC2)C(=O)N(C)[C@H](C(=O)N2CCCCC2)CC(=O)N1C. The molecule has 3 N–H and O–H groups in total. The largest absolute Gasteiger partial charge is 0.417 e. The summed E-state index contributed by atoms with van der Waals surface area (Å²) < 4.78 is 47.8. The van der Waals surface area contributed by atoms with Gasteiger partial charge in [0.05, 0.1) is 49.4 Å². The molecule has 1 unspecified atom stereocenters. The van der Waals surface area contributed by atoms with Gasteiger partial charge in [0.25, 0.3) is 0 Å². The highest BCUT2D eigenvalue weighted by Crippen LogP contribution is 2.39. The Hall–Kier alpha value is -7.10. The third-order valence-electron chi connectivity index (χ3n) is 22.7. The summed E-state index contributed by atoms with van der Waals surface area (Å²) in [5.74, 6) is -8.43. The van der Waals surface area contributed by atoms with Gasteiger partial charge >= 0.3 is 6.18 Å². The van der Waals surface area contributed by atoms with Crippen molar-refractivity contribution in [1.29, 1.82) is 0 Å². The number of nitrogens with zero attached hydrogens (tertiary/aromatic N) is 9. The fourth-order valence-electron chi connectivity index (χ4n) is 16.2. The van der Waals surface area contributed by atoms with E-state index in [4.69, 9.17) is 16.3 Å². The number of ether oxygens (including phenoxy) is 1. The number of benzene rings is 1. The molecule has 12 amide bonds. The molecule has 3 saturated heterocycles. The number of halogens is 4. The number of carbonyl (C=O) groups excluding carboxylic acids is 12. The van der Waals surface area contributed by atoms with E-state index in [1.807, 2.05) is 13.8 Å². The van der Waals surface area contributed by atoms with Crippen LogP contribution in [0.4, 0.5) is 13.2 Å². The molecule has 103 heavy (non-hydrogen) atoms. The normalized spacial score (nSPS) is 27.0. The molecule has 4 aliphatic carbocycles. The van der Waals surface area contributed by atoms with E-state index >= 15 is 28.8 Å². The summed E-state index contributed by atoms with van der Waals surface area (Å²) in [5.41, 5.74) is -2.34. The quantitative estimate of drug-likeness (QED) is 0.219. The zero-order valence-electron chi connectivity index (χ0n) is 62.0. The lowest BCUT2D eigenvalue weighted by molar-refractivity contribution is -0.157. The van der Waals surface area contributed by atoms with Gasteiger partial charge in [0.15, 0.2) is 0 Å². The Kier molecular flexibility index (Phi) is 29.1. The Morgan fingerprint density at radius 1 is 0.602 bits per heavy atom. The Morgan fingerprint density at radius 3 is 1.83 bits per heavy atom. The highest BCUT2D eigenvalue weighted by Gasteiger charge is 2.52. The number of carbonyl (C=O) groups is 12. The van der Waals surface area contributed by atoms with Gasteiger partial charge in [0.1, 0.15) is 47.8 Å². The molecule has 29 heteroatoms. The van der Waals surface area contributed by atoms with Crippen molar-refractivity contribution >= 4 is 82.5 Å². The molecule has 3 heterocycles. The minimum Gasteiger partial charge on any atom is -0.376 e. The van der Waals surface area contributed by atoms with Gasteiger partial charge in [-0.2, -0.15) is 13.2 Å². The molecule has 1 spiro atoms. The predicted octanol–water partition coefficient (Wildman–Crippen LogP) is 5.95. The molecule has 574 valence electrons. The Bertz CT molecular complexity index is 3210. The average Bonchev–Trinajstić information content (AvgIpc) is 1.71. The van der Waals surface area contributed by atoms with Crippen LogP contribution in [0.25, 0.3) is 0 Å². The first kappa shape index (κ1) is 81.6. The monoisotopic (exact) mass is 1470 g/mol. The number of amides is 12. The van der Waals surface area contributed by atoms with E-state index in [1.54, 1.807) is 4.90 Å². The maximum absolute atomic E-state index is 15.9. The van der Waals surface area contributed by atoms with Gasteiger partial charge in [0, 0.05) is 69.0 Å². The fourth-order valence-corrected chi connectivity index (χ4v) is 16.5. The lowest BCUT2D eigenvalue weighted by Gasteiger charge is -2.43. The second-order valence-electron chi connectivity index (χ2n) is 30.7. The average molecular weight is 1470 g/mol. The van der Waals surface area contributed by atoms with Gasteiger partial charge < -0.3 is 64.8 Å². The van der Waals surface area contributed by atoms with Crippen molar-refractivity contribution in [2.24, 2.45) is 17.8 Å². The zero-order valence-corrected chi connectivity index (χ0v) is 62.7. The van der Waals surface area contributed by atoms with E-state index in [9.17, 15) is 41.9 Å². The number of nitrogens with one attached hydrogen (secondary N) is 3. The predicted molar refractivity (Wildman–Crippen MR) is 378 cm³/mol. The second-order valence-corrected chi connectivity index (χ2v) is 31.2. The summed E-state index contributed by atoms with van der Waals surface area (Å²) in [7, 11) is 9.97. The van der Waals surface area contributed by atoms with E-state index in [2.05, 4.69) is 16.0 Å². The van der Waals surface area contributed by atoms with Gasteiger partial charge in [-0.15, -0.1) is 0 Å². The van der Waals surface area contributed by atoms with Crippen LogP contribution in [-0.2, 0) is 74.9 Å². The molecule has 7 aliphatic rings. The first-order chi connectivity index (χ1) is 48.8. The maximum atomic E-state index is 15.9. The molecule has 8 rings (SSSR count). The summed E-state index contributed by atoms with van der Waals surface area (Å²) >= 11 is 6.17. The van der Waals surface area contributed by atoms with E-state index in [0.29, 0.717) is 63.6 Å². The lowest BCUT2D eigenvalue weighted by atomic mass is 9.81. The number of rotatable bonds is 12. The summed E-state index contributed by atoms with van der Waals surface area (Å²) in [5, 5.41) is 8.13. The molecule has 7 fully saturated rings. The zero-order chi connectivity index (χ0) is 75.2. The van der Waals surface area contributed by atoms with Crippen molar-refractivity contribution in [3.8, 4) is 0 Å². The number of hydrogen-bond donors (Lipinski definition) is 3. The van der Waals surface area contributed by atoms with E-state index in [0.717, 1.165) is 104 Å². The first-order valence-electron chi connectivity index (χ1n) is 37.6. The summed E-state index contributed by atoms with van der Waals surface area (Å²) in [6.45, 7) is 2.50. The van der Waals surface area contributed by atoms with E-state index in [-0.39, 0.29) is 76.0 Å². The van der Waals surface area contributed by atoms with E-state index < -0.39 is 167 Å². The fraction of sp³-hybridized carbons (Fsp3) is 0.757. The highest BCUT2D eigenvalue weighted by atomic mass is 35.5. The molecular formula is C74H112ClF3N12O13. The summed E-state index contributed by atoms with van der Waals surface area (Å²) in [6.07, 6.45) is 8.74. The van der Waals surface area contributed by atoms with Crippen LogP contribution in [0.3, 0.4) is 0 Å². The molecule has 7 atom stereocenters. The van der Waals surface area contributed by atoms with Gasteiger partial charge in [0.2, 0.25) is 70.9 Å². The van der Waals surface area contributed by atoms with Crippen molar-refractivity contribution in [1.82, 2.24) is 60.0 Å². The first-order valence-corrected chi connectivity index (χ1v) is 38.0.